The zero-order chi connectivity index (χ0) is 26.9. The lowest BCUT2D eigenvalue weighted by Crippen LogP contribution is -2.39. The van der Waals surface area contributed by atoms with Gasteiger partial charge >= 0.3 is 12.1 Å². The van der Waals surface area contributed by atoms with Crippen molar-refractivity contribution in [3.05, 3.63) is 36.7 Å². The van der Waals surface area contributed by atoms with Crippen LogP contribution in [0.4, 0.5) is 22.2 Å². The van der Waals surface area contributed by atoms with Crippen LogP contribution in [-0.2, 0) is 9.53 Å². The molecule has 3 N–H and O–H groups in total. The molecule has 0 radical (unpaired) electrons. The van der Waals surface area contributed by atoms with Crippen LogP contribution < -0.4 is 15.5 Å². The Balaban J connectivity index is 1.25. The highest BCUT2D eigenvalue weighted by atomic mass is 16.6. The zero-order valence-corrected chi connectivity index (χ0v) is 21.6. The Kier molecular flexibility index (Phi) is 6.89. The van der Waals surface area contributed by atoms with Gasteiger partial charge in [-0.15, -0.1) is 0 Å². The minimum atomic E-state index is -1.15. The second-order valence-corrected chi connectivity index (χ2v) is 10.4. The van der Waals surface area contributed by atoms with Crippen molar-refractivity contribution in [3.63, 3.8) is 0 Å². The third kappa shape index (κ3) is 5.70. The van der Waals surface area contributed by atoms with Gasteiger partial charge in [-0.3, -0.25) is 4.79 Å². The van der Waals surface area contributed by atoms with Crippen molar-refractivity contribution in [1.29, 1.82) is 0 Å². The highest BCUT2D eigenvalue weighted by Crippen LogP contribution is 2.31. The molecule has 1 aliphatic rings. The van der Waals surface area contributed by atoms with Gasteiger partial charge in [-0.2, -0.15) is 14.8 Å². The van der Waals surface area contributed by atoms with E-state index in [1.807, 2.05) is 26.8 Å². The van der Waals surface area contributed by atoms with E-state index in [4.69, 9.17) is 14.1 Å². The maximum atomic E-state index is 11.9. The monoisotopic (exact) mass is 521 g/mol. The summed E-state index contributed by atoms with van der Waals surface area (Å²) in [5.74, 6) is 1.28. The maximum Gasteiger partial charge on any atom is 0.432 e. The van der Waals surface area contributed by atoms with Crippen molar-refractivity contribution >= 4 is 51.5 Å². The summed E-state index contributed by atoms with van der Waals surface area (Å²) in [6, 6.07) is 7.12. The highest BCUT2D eigenvalue weighted by molar-refractivity contribution is 5.90. The van der Waals surface area contributed by atoms with Crippen LogP contribution in [0.3, 0.4) is 0 Å². The summed E-state index contributed by atoms with van der Waals surface area (Å²) in [6.07, 6.45) is 3.82. The Labute approximate surface area is 219 Å². The molecule has 1 aromatic carbocycles. The second-order valence-electron chi connectivity index (χ2n) is 10.4. The third-order valence-corrected chi connectivity index (χ3v) is 6.33. The number of nitrogens with one attached hydrogen (secondary N) is 2. The fourth-order valence-electron chi connectivity index (χ4n) is 4.60. The summed E-state index contributed by atoms with van der Waals surface area (Å²) in [5.41, 5.74) is 1.92. The molecule has 1 aliphatic heterocycles. The summed E-state index contributed by atoms with van der Waals surface area (Å²) < 4.78 is 12.0. The van der Waals surface area contributed by atoms with Crippen molar-refractivity contribution in [2.75, 3.05) is 36.4 Å². The van der Waals surface area contributed by atoms with Gasteiger partial charge in [-0.05, 0) is 64.3 Å². The number of benzene rings is 1. The Morgan fingerprint density at radius 1 is 1.18 bits per heavy atom. The van der Waals surface area contributed by atoms with E-state index in [1.54, 1.807) is 24.5 Å². The topological polar surface area (TPSA) is 148 Å². The summed E-state index contributed by atoms with van der Waals surface area (Å²) >= 11 is 0. The number of esters is 1. The van der Waals surface area contributed by atoms with Gasteiger partial charge in [0.25, 0.3) is 0 Å². The zero-order valence-electron chi connectivity index (χ0n) is 21.6. The van der Waals surface area contributed by atoms with E-state index in [0.29, 0.717) is 45.4 Å². The molecule has 0 spiro atoms. The molecule has 4 heterocycles. The number of carbonyl (C=O) groups excluding carboxylic acids is 1. The van der Waals surface area contributed by atoms with Crippen LogP contribution in [0.15, 0.2) is 41.1 Å². The number of rotatable bonds is 7. The van der Waals surface area contributed by atoms with E-state index >= 15 is 0 Å². The van der Waals surface area contributed by atoms with Crippen molar-refractivity contribution in [2.24, 2.45) is 5.92 Å². The number of carbonyl (C=O) groups is 2. The summed E-state index contributed by atoms with van der Waals surface area (Å²) in [7, 11) is 0. The van der Waals surface area contributed by atoms with Crippen LogP contribution in [0.25, 0.3) is 22.0 Å². The van der Waals surface area contributed by atoms with E-state index in [1.165, 1.54) is 6.20 Å². The average Bonchev–Trinajstić information content (AvgIpc) is 3.50. The number of piperidine rings is 1. The van der Waals surface area contributed by atoms with Gasteiger partial charge in [0.05, 0.1) is 24.5 Å². The molecule has 1 saturated heterocycles. The number of furan rings is 1. The van der Waals surface area contributed by atoms with E-state index < -0.39 is 11.7 Å². The molecule has 5 rings (SSSR count). The lowest BCUT2D eigenvalue weighted by Gasteiger charge is -2.33. The average molecular weight is 522 g/mol. The number of nitrogens with zero attached hydrogens (tertiary/aromatic N) is 5. The van der Waals surface area contributed by atoms with Crippen molar-refractivity contribution < 1.29 is 23.8 Å². The van der Waals surface area contributed by atoms with Gasteiger partial charge in [0.1, 0.15) is 11.1 Å². The van der Waals surface area contributed by atoms with E-state index in [0.717, 1.165) is 37.2 Å². The molecule has 0 amide bonds. The minimum Gasteiger partial charge on any atom is -0.463 e. The molecule has 0 atom stereocenters. The largest absolute Gasteiger partial charge is 0.463 e. The predicted octanol–water partition coefficient (Wildman–Crippen LogP) is 3.99. The lowest BCUT2D eigenvalue weighted by atomic mass is 9.97. The van der Waals surface area contributed by atoms with Gasteiger partial charge in [0.15, 0.2) is 11.4 Å². The van der Waals surface area contributed by atoms with Crippen LogP contribution in [0, 0.1) is 5.92 Å². The number of carboxylic acid groups (broad SMARTS) is 1. The van der Waals surface area contributed by atoms with E-state index in [2.05, 4.69) is 25.6 Å². The van der Waals surface area contributed by atoms with Gasteiger partial charge in [-0.1, -0.05) is 0 Å². The normalized spacial score (nSPS) is 14.8. The molecule has 0 aliphatic carbocycles. The third-order valence-electron chi connectivity index (χ3n) is 6.33. The van der Waals surface area contributed by atoms with Crippen LogP contribution >= 0.6 is 0 Å². The predicted molar refractivity (Wildman–Crippen MR) is 142 cm³/mol. The van der Waals surface area contributed by atoms with Crippen molar-refractivity contribution in [1.82, 2.24) is 25.1 Å². The summed E-state index contributed by atoms with van der Waals surface area (Å²) in [6.45, 7) is 8.10. The first-order valence-electron chi connectivity index (χ1n) is 12.6. The standard InChI is InChI=1S/C26H31N7O5/c1-26(2,3)38-21(34)15-27-13-16-6-9-32(10-7-16)23-22-19(8-11-37-22)30-24(31-23)29-18-5-4-17-14-28-33(25(35)36)20(17)12-18/h4-5,8,11-12,14,16,27H,6-7,9-10,13,15H2,1-3H3,(H,35,36)(H,29,30,31). The Bertz CT molecular complexity index is 1460. The number of anilines is 3. The fourth-order valence-corrected chi connectivity index (χ4v) is 4.60. The molecule has 4 aromatic rings. The summed E-state index contributed by atoms with van der Waals surface area (Å²) in [5, 5.41) is 20.4. The van der Waals surface area contributed by atoms with Gasteiger partial charge in [-0.25, -0.2) is 9.78 Å². The molecule has 12 nitrogen and oxygen atoms in total. The molecule has 1 fully saturated rings. The molecule has 0 saturated carbocycles. The SMILES string of the molecule is CC(C)(C)OC(=O)CNCC1CCN(c2nc(Nc3ccc4cnn(C(=O)O)c4c3)nc3ccoc23)CC1. The van der Waals surface area contributed by atoms with E-state index in [-0.39, 0.29) is 12.5 Å². The first-order chi connectivity index (χ1) is 18.2. The highest BCUT2D eigenvalue weighted by Gasteiger charge is 2.24. The molecule has 200 valence electrons. The molecule has 0 bridgehead atoms. The smallest absolute Gasteiger partial charge is 0.432 e. The van der Waals surface area contributed by atoms with E-state index in [9.17, 15) is 14.7 Å². The minimum absolute atomic E-state index is 0.199. The van der Waals surface area contributed by atoms with Crippen LogP contribution in [0.1, 0.15) is 33.6 Å². The van der Waals surface area contributed by atoms with Crippen molar-refractivity contribution in [2.45, 2.75) is 39.2 Å². The van der Waals surface area contributed by atoms with Gasteiger partial charge in [0.2, 0.25) is 5.95 Å². The van der Waals surface area contributed by atoms with Gasteiger partial charge in [0, 0.05) is 30.2 Å². The maximum absolute atomic E-state index is 11.9. The molecule has 38 heavy (non-hydrogen) atoms. The molecule has 12 heteroatoms. The van der Waals surface area contributed by atoms with Crippen LogP contribution in [-0.4, -0.2) is 68.7 Å². The van der Waals surface area contributed by atoms with Crippen LogP contribution in [0.2, 0.25) is 0 Å². The quantitative estimate of drug-likeness (QED) is 0.303. The van der Waals surface area contributed by atoms with Crippen LogP contribution in [0.5, 0.6) is 0 Å². The fraction of sp³-hybridized carbons (Fsp3) is 0.423. The summed E-state index contributed by atoms with van der Waals surface area (Å²) in [4.78, 5) is 34.9. The number of hydrogen-bond acceptors (Lipinski definition) is 10. The number of aromatic nitrogens is 4. The second kappa shape index (κ2) is 10.3. The lowest BCUT2D eigenvalue weighted by molar-refractivity contribution is -0.153. The molecule has 0 unspecified atom stereocenters. The van der Waals surface area contributed by atoms with Crippen molar-refractivity contribution in [3.8, 4) is 0 Å². The molecular formula is C26H31N7O5. The number of hydrogen-bond donors (Lipinski definition) is 3. The Morgan fingerprint density at radius 2 is 1.97 bits per heavy atom. The molecule has 3 aromatic heterocycles. The Morgan fingerprint density at radius 3 is 2.71 bits per heavy atom. The van der Waals surface area contributed by atoms with Gasteiger partial charge < -0.3 is 29.8 Å². The number of ether oxygens (including phenoxy) is 1. The molecular weight excluding hydrogens is 490 g/mol. The first-order valence-corrected chi connectivity index (χ1v) is 12.6. The number of fused-ring (bicyclic) bond motifs is 2. The Hall–Kier alpha value is -4.19. The first kappa shape index (κ1) is 25.5.